The van der Waals surface area contributed by atoms with Crippen LogP contribution in [0.3, 0.4) is 0 Å². The van der Waals surface area contributed by atoms with Crippen molar-refractivity contribution in [1.29, 1.82) is 0 Å². The third kappa shape index (κ3) is 12.0. The van der Waals surface area contributed by atoms with E-state index in [0.29, 0.717) is 5.41 Å². The lowest BCUT2D eigenvalue weighted by atomic mass is 9.72. The quantitative estimate of drug-likeness (QED) is 0.287. The maximum Gasteiger partial charge on any atom is -0.0104 e. The Balaban J connectivity index is 2.74. The summed E-state index contributed by atoms with van der Waals surface area (Å²) in [4.78, 5) is 0. The van der Waals surface area contributed by atoms with Gasteiger partial charge in [0.25, 0.3) is 0 Å². The van der Waals surface area contributed by atoms with Crippen LogP contribution < -0.4 is 0 Å². The Bertz CT molecular complexity index is 969. The fraction of sp³-hybridized carbons (Fsp3) is 0.412. The Hall–Kier alpha value is -2.60. The van der Waals surface area contributed by atoms with E-state index < -0.39 is 0 Å². The van der Waals surface area contributed by atoms with Crippen molar-refractivity contribution in [2.75, 3.05) is 0 Å². The normalized spacial score (nSPS) is 19.6. The first-order valence-corrected chi connectivity index (χ1v) is 12.8. The Labute approximate surface area is 211 Å². The van der Waals surface area contributed by atoms with Crippen molar-refractivity contribution in [1.82, 2.24) is 0 Å². The number of rotatable bonds is 10. The van der Waals surface area contributed by atoms with Crippen LogP contribution in [0.5, 0.6) is 0 Å². The molecule has 0 heteroatoms. The zero-order valence-corrected chi connectivity index (χ0v) is 23.3. The summed E-state index contributed by atoms with van der Waals surface area (Å²) in [5, 5.41) is 0. The Kier molecular flexibility index (Phi) is 13.3. The molecule has 0 radical (unpaired) electrons. The molecule has 0 unspecified atom stereocenters. The standard InChI is InChI=1S/C34H48/c1-10-11-16-27(2)19-14-20-28(3)17-12-13-18-29(4)25-31(6)26-30(5)22-23-33-32(7)21-15-24-34(33,8)9/h11-14,16-20,22-23,25-26H,10,15,21,24H2,1-9H3/b13-12+,16-11+,20-14+,23-22+,27-19+,28-17+,29-18+,30-26+,31-25+. The summed E-state index contributed by atoms with van der Waals surface area (Å²) >= 11 is 0. The molecule has 0 saturated carbocycles. The lowest BCUT2D eigenvalue weighted by Crippen LogP contribution is -2.19. The van der Waals surface area contributed by atoms with Crippen molar-refractivity contribution in [2.45, 2.75) is 88.0 Å². The van der Waals surface area contributed by atoms with Crippen molar-refractivity contribution in [3.63, 3.8) is 0 Å². The highest BCUT2D eigenvalue weighted by Crippen LogP contribution is 2.40. The molecule has 0 aromatic heterocycles. The molecule has 0 fully saturated rings. The van der Waals surface area contributed by atoms with Gasteiger partial charge in [0, 0.05) is 0 Å². The Morgan fingerprint density at radius 2 is 1.32 bits per heavy atom. The Morgan fingerprint density at radius 3 is 1.97 bits per heavy atom. The van der Waals surface area contributed by atoms with Crippen LogP contribution in [-0.2, 0) is 0 Å². The predicted molar refractivity (Wildman–Crippen MR) is 156 cm³/mol. The lowest BCUT2D eigenvalue weighted by Gasteiger charge is -2.32. The molecule has 0 saturated heterocycles. The molecule has 1 rings (SSSR count). The molecule has 0 aromatic carbocycles. The zero-order valence-electron chi connectivity index (χ0n) is 23.3. The second-order valence-electron chi connectivity index (χ2n) is 10.3. The zero-order chi connectivity index (χ0) is 25.6. The first-order chi connectivity index (χ1) is 16.0. The van der Waals surface area contributed by atoms with Crippen molar-refractivity contribution in [2.24, 2.45) is 5.41 Å². The third-order valence-electron chi connectivity index (χ3n) is 6.13. The summed E-state index contributed by atoms with van der Waals surface area (Å²) in [7, 11) is 0. The molecular weight excluding hydrogens is 408 g/mol. The van der Waals surface area contributed by atoms with Crippen LogP contribution in [0.25, 0.3) is 0 Å². The maximum atomic E-state index is 2.37. The molecule has 34 heavy (non-hydrogen) atoms. The minimum Gasteiger partial charge on any atom is -0.0845 e. The highest BCUT2D eigenvalue weighted by molar-refractivity contribution is 5.39. The molecule has 0 N–H and O–H groups in total. The van der Waals surface area contributed by atoms with Crippen LogP contribution in [0.2, 0.25) is 0 Å². The number of allylic oxidation sites excluding steroid dienone is 20. The molecule has 0 aromatic rings. The molecule has 0 atom stereocenters. The summed E-state index contributed by atoms with van der Waals surface area (Å²) in [5.41, 5.74) is 9.67. The first kappa shape index (κ1) is 29.4. The van der Waals surface area contributed by atoms with E-state index in [1.807, 2.05) is 0 Å². The molecule has 0 bridgehead atoms. The molecule has 0 nitrogen and oxygen atoms in total. The van der Waals surface area contributed by atoms with Gasteiger partial charge in [0.05, 0.1) is 0 Å². The molecule has 0 heterocycles. The summed E-state index contributed by atoms with van der Waals surface area (Å²) in [6.07, 6.45) is 33.3. The van der Waals surface area contributed by atoms with Gasteiger partial charge in [-0.1, -0.05) is 133 Å². The monoisotopic (exact) mass is 456 g/mol. The van der Waals surface area contributed by atoms with Crippen molar-refractivity contribution in [3.05, 3.63) is 118 Å². The summed E-state index contributed by atoms with van der Waals surface area (Å²) in [6.45, 7) is 20.0. The van der Waals surface area contributed by atoms with Crippen LogP contribution in [0.4, 0.5) is 0 Å². The topological polar surface area (TPSA) is 0 Å². The molecule has 1 aliphatic rings. The predicted octanol–water partition coefficient (Wildman–Crippen LogP) is 10.9. The summed E-state index contributed by atoms with van der Waals surface area (Å²) in [5.74, 6) is 0. The minimum atomic E-state index is 0.292. The van der Waals surface area contributed by atoms with E-state index in [4.69, 9.17) is 0 Å². The van der Waals surface area contributed by atoms with E-state index >= 15 is 0 Å². The van der Waals surface area contributed by atoms with Crippen LogP contribution in [-0.4, -0.2) is 0 Å². The lowest BCUT2D eigenvalue weighted by molar-refractivity contribution is 0.377. The largest absolute Gasteiger partial charge is 0.0845 e. The average Bonchev–Trinajstić information content (AvgIpc) is 2.74. The van der Waals surface area contributed by atoms with E-state index in [9.17, 15) is 0 Å². The molecule has 0 spiro atoms. The van der Waals surface area contributed by atoms with Gasteiger partial charge < -0.3 is 0 Å². The van der Waals surface area contributed by atoms with E-state index in [2.05, 4.69) is 141 Å². The summed E-state index contributed by atoms with van der Waals surface area (Å²) < 4.78 is 0. The van der Waals surface area contributed by atoms with Crippen molar-refractivity contribution < 1.29 is 0 Å². The highest BCUT2D eigenvalue weighted by Gasteiger charge is 2.26. The second-order valence-corrected chi connectivity index (χ2v) is 10.3. The number of hydrogen-bond donors (Lipinski definition) is 0. The van der Waals surface area contributed by atoms with Gasteiger partial charge in [-0.15, -0.1) is 0 Å². The fourth-order valence-corrected chi connectivity index (χ4v) is 4.26. The third-order valence-corrected chi connectivity index (χ3v) is 6.13. The average molecular weight is 457 g/mol. The van der Waals surface area contributed by atoms with E-state index in [-0.39, 0.29) is 0 Å². The first-order valence-electron chi connectivity index (χ1n) is 12.8. The van der Waals surface area contributed by atoms with Crippen LogP contribution in [0.1, 0.15) is 88.0 Å². The summed E-state index contributed by atoms with van der Waals surface area (Å²) in [6, 6.07) is 0. The van der Waals surface area contributed by atoms with Gasteiger partial charge >= 0.3 is 0 Å². The van der Waals surface area contributed by atoms with Crippen LogP contribution in [0.15, 0.2) is 118 Å². The fourth-order valence-electron chi connectivity index (χ4n) is 4.26. The van der Waals surface area contributed by atoms with Crippen LogP contribution in [0, 0.1) is 5.41 Å². The van der Waals surface area contributed by atoms with Gasteiger partial charge in [-0.25, -0.2) is 0 Å². The van der Waals surface area contributed by atoms with Gasteiger partial charge in [0.15, 0.2) is 0 Å². The van der Waals surface area contributed by atoms with Crippen molar-refractivity contribution in [3.8, 4) is 0 Å². The van der Waals surface area contributed by atoms with E-state index in [0.717, 1.165) is 6.42 Å². The maximum absolute atomic E-state index is 2.37. The van der Waals surface area contributed by atoms with Gasteiger partial charge in [-0.2, -0.15) is 0 Å². The second kappa shape index (κ2) is 15.3. The van der Waals surface area contributed by atoms with Gasteiger partial charge in [-0.3, -0.25) is 0 Å². The van der Waals surface area contributed by atoms with Gasteiger partial charge in [0.2, 0.25) is 0 Å². The molecule has 1 aliphatic carbocycles. The molecular formula is C34H48. The smallest absolute Gasteiger partial charge is 0.0104 e. The van der Waals surface area contributed by atoms with Crippen LogP contribution >= 0.6 is 0 Å². The SMILES string of the molecule is CC/C=C/C(C)=C/C=C/C(C)=C/C=C/C=C(C)/C=C(C)/C=C(C)/C=C/C1=C(C)CCCC1(C)C. The van der Waals surface area contributed by atoms with Crippen molar-refractivity contribution >= 4 is 0 Å². The number of hydrogen-bond acceptors (Lipinski definition) is 0. The Morgan fingerprint density at radius 1 is 0.735 bits per heavy atom. The van der Waals surface area contributed by atoms with E-state index in [1.54, 1.807) is 5.57 Å². The molecule has 184 valence electrons. The molecule has 0 aliphatic heterocycles. The minimum absolute atomic E-state index is 0.292. The highest BCUT2D eigenvalue weighted by atomic mass is 14.3. The molecule has 0 amide bonds. The van der Waals surface area contributed by atoms with Gasteiger partial charge in [0.1, 0.15) is 0 Å². The van der Waals surface area contributed by atoms with Gasteiger partial charge in [-0.05, 0) is 78.2 Å². The van der Waals surface area contributed by atoms with E-state index in [1.165, 1.54) is 52.7 Å².